The highest BCUT2D eigenvalue weighted by atomic mass is 16.5. The van der Waals surface area contributed by atoms with Crippen molar-refractivity contribution in [3.63, 3.8) is 0 Å². The normalized spacial score (nSPS) is 25.3. The molecule has 0 spiro atoms. The molecule has 17 heavy (non-hydrogen) atoms. The fourth-order valence-corrected chi connectivity index (χ4v) is 1.95. The molecule has 2 amide bonds. The molecular weight excluding hydrogens is 222 g/mol. The fourth-order valence-electron chi connectivity index (χ4n) is 1.95. The van der Waals surface area contributed by atoms with Gasteiger partial charge in [-0.3, -0.25) is 9.59 Å². The number of amides is 2. The Morgan fingerprint density at radius 1 is 1.47 bits per heavy atom. The van der Waals surface area contributed by atoms with Gasteiger partial charge in [0.25, 0.3) is 0 Å². The SMILES string of the molecule is COC1CC(NC(=O)C(=O)NCC#N)C1(C)C. The van der Waals surface area contributed by atoms with Gasteiger partial charge >= 0.3 is 11.8 Å². The van der Waals surface area contributed by atoms with Gasteiger partial charge in [-0.15, -0.1) is 0 Å². The quantitative estimate of drug-likeness (QED) is 0.515. The van der Waals surface area contributed by atoms with Crippen LogP contribution in [-0.4, -0.2) is 37.6 Å². The fraction of sp³-hybridized carbons (Fsp3) is 0.727. The van der Waals surface area contributed by atoms with Crippen LogP contribution in [-0.2, 0) is 14.3 Å². The van der Waals surface area contributed by atoms with Crippen molar-refractivity contribution in [2.24, 2.45) is 5.41 Å². The second-order valence-corrected chi connectivity index (χ2v) is 4.65. The van der Waals surface area contributed by atoms with Gasteiger partial charge < -0.3 is 15.4 Å². The molecule has 1 aliphatic carbocycles. The highest BCUT2D eigenvalue weighted by Crippen LogP contribution is 2.42. The number of nitrogens with one attached hydrogen (secondary N) is 2. The summed E-state index contributed by atoms with van der Waals surface area (Å²) in [5.74, 6) is -1.48. The predicted molar refractivity (Wildman–Crippen MR) is 59.7 cm³/mol. The molecule has 0 heterocycles. The summed E-state index contributed by atoms with van der Waals surface area (Å²) in [5, 5.41) is 13.1. The van der Waals surface area contributed by atoms with Crippen LogP contribution in [0, 0.1) is 16.7 Å². The molecule has 0 bridgehead atoms. The standard InChI is InChI=1S/C11H17N3O3/c1-11(2)7(6-8(11)17-3)14-10(16)9(15)13-5-4-12/h7-8H,5-6H2,1-3H3,(H,13,15)(H,14,16). The summed E-state index contributed by atoms with van der Waals surface area (Å²) in [5.41, 5.74) is -0.181. The predicted octanol–water partition coefficient (Wildman–Crippen LogP) is -0.444. The Kier molecular flexibility index (Phi) is 4.07. The van der Waals surface area contributed by atoms with Crippen LogP contribution < -0.4 is 10.6 Å². The third-order valence-corrected chi connectivity index (χ3v) is 3.30. The molecule has 1 rings (SSSR count). The second-order valence-electron chi connectivity index (χ2n) is 4.65. The summed E-state index contributed by atoms with van der Waals surface area (Å²) in [4.78, 5) is 22.7. The van der Waals surface area contributed by atoms with Crippen LogP contribution >= 0.6 is 0 Å². The van der Waals surface area contributed by atoms with Gasteiger partial charge in [0.2, 0.25) is 0 Å². The van der Waals surface area contributed by atoms with E-state index in [1.165, 1.54) is 0 Å². The first-order valence-corrected chi connectivity index (χ1v) is 5.42. The third-order valence-electron chi connectivity index (χ3n) is 3.30. The number of carbonyl (C=O) groups excluding carboxylic acids is 2. The van der Waals surface area contributed by atoms with Crippen molar-refractivity contribution in [1.82, 2.24) is 10.6 Å². The van der Waals surface area contributed by atoms with Crippen LogP contribution in [0.2, 0.25) is 0 Å². The number of hydrogen-bond acceptors (Lipinski definition) is 4. The van der Waals surface area contributed by atoms with E-state index in [4.69, 9.17) is 10.00 Å². The largest absolute Gasteiger partial charge is 0.381 e. The van der Waals surface area contributed by atoms with Crippen molar-refractivity contribution in [2.45, 2.75) is 32.4 Å². The first kappa shape index (κ1) is 13.5. The van der Waals surface area contributed by atoms with Gasteiger partial charge in [-0.05, 0) is 6.42 Å². The number of methoxy groups -OCH3 is 1. The first-order chi connectivity index (χ1) is 7.93. The topological polar surface area (TPSA) is 91.2 Å². The highest BCUT2D eigenvalue weighted by Gasteiger charge is 2.49. The summed E-state index contributed by atoms with van der Waals surface area (Å²) in [6, 6.07) is 1.66. The van der Waals surface area contributed by atoms with Crippen molar-refractivity contribution < 1.29 is 14.3 Å². The van der Waals surface area contributed by atoms with Crippen molar-refractivity contribution in [3.8, 4) is 6.07 Å². The van der Waals surface area contributed by atoms with E-state index in [-0.39, 0.29) is 24.1 Å². The monoisotopic (exact) mass is 239 g/mol. The molecule has 1 fully saturated rings. The van der Waals surface area contributed by atoms with E-state index in [2.05, 4.69) is 10.6 Å². The van der Waals surface area contributed by atoms with Crippen molar-refractivity contribution in [3.05, 3.63) is 0 Å². The summed E-state index contributed by atoms with van der Waals surface area (Å²) in [6.45, 7) is 3.78. The number of rotatable bonds is 3. The van der Waals surface area contributed by atoms with Crippen LogP contribution in [0.25, 0.3) is 0 Å². The maximum Gasteiger partial charge on any atom is 0.310 e. The minimum Gasteiger partial charge on any atom is -0.381 e. The van der Waals surface area contributed by atoms with Gasteiger partial charge in [0.15, 0.2) is 0 Å². The Hall–Kier alpha value is -1.61. The minimum absolute atomic E-state index is 0.0761. The molecular formula is C11H17N3O3. The molecule has 0 radical (unpaired) electrons. The van der Waals surface area contributed by atoms with Gasteiger partial charge in [-0.25, -0.2) is 0 Å². The lowest BCUT2D eigenvalue weighted by Gasteiger charge is -2.51. The molecule has 0 aromatic rings. The number of nitrogens with zero attached hydrogens (tertiary/aromatic N) is 1. The van der Waals surface area contributed by atoms with E-state index in [9.17, 15) is 9.59 Å². The van der Waals surface area contributed by atoms with Crippen LogP contribution in [0.1, 0.15) is 20.3 Å². The average Bonchev–Trinajstić information content (AvgIpc) is 2.30. The molecule has 6 heteroatoms. The maximum absolute atomic E-state index is 11.5. The molecule has 1 saturated carbocycles. The van der Waals surface area contributed by atoms with E-state index in [1.807, 2.05) is 13.8 Å². The molecule has 6 nitrogen and oxygen atoms in total. The summed E-state index contributed by atoms with van der Waals surface area (Å²) in [7, 11) is 1.63. The van der Waals surface area contributed by atoms with Gasteiger partial charge in [0.05, 0.1) is 12.2 Å². The molecule has 2 unspecified atom stereocenters. The van der Waals surface area contributed by atoms with E-state index < -0.39 is 11.8 Å². The van der Waals surface area contributed by atoms with E-state index >= 15 is 0 Å². The molecule has 94 valence electrons. The van der Waals surface area contributed by atoms with Crippen LogP contribution in [0.5, 0.6) is 0 Å². The Morgan fingerprint density at radius 2 is 2.12 bits per heavy atom. The lowest BCUT2D eigenvalue weighted by molar-refractivity contribution is -0.145. The molecule has 0 aromatic carbocycles. The lowest BCUT2D eigenvalue weighted by Crippen LogP contribution is -2.63. The summed E-state index contributed by atoms with van der Waals surface area (Å²) in [6.07, 6.45) is 0.788. The zero-order valence-electron chi connectivity index (χ0n) is 10.2. The smallest absolute Gasteiger partial charge is 0.310 e. The zero-order chi connectivity index (χ0) is 13.1. The van der Waals surface area contributed by atoms with Crippen LogP contribution in [0.4, 0.5) is 0 Å². The Morgan fingerprint density at radius 3 is 2.59 bits per heavy atom. The number of ether oxygens (including phenoxy) is 1. The summed E-state index contributed by atoms with van der Waals surface area (Å²) < 4.78 is 5.24. The first-order valence-electron chi connectivity index (χ1n) is 5.42. The van der Waals surface area contributed by atoms with Crippen molar-refractivity contribution >= 4 is 11.8 Å². The van der Waals surface area contributed by atoms with Gasteiger partial charge in [0.1, 0.15) is 6.54 Å². The molecule has 0 saturated heterocycles. The summed E-state index contributed by atoms with van der Waals surface area (Å²) >= 11 is 0. The Labute approximate surface area is 100 Å². The van der Waals surface area contributed by atoms with E-state index in [1.54, 1.807) is 13.2 Å². The average molecular weight is 239 g/mol. The van der Waals surface area contributed by atoms with Crippen LogP contribution in [0.3, 0.4) is 0 Å². The van der Waals surface area contributed by atoms with Gasteiger partial charge in [0, 0.05) is 18.6 Å². The highest BCUT2D eigenvalue weighted by molar-refractivity contribution is 6.35. The molecule has 0 aliphatic heterocycles. The molecule has 2 N–H and O–H groups in total. The Balaban J connectivity index is 2.44. The molecule has 2 atom stereocenters. The lowest BCUT2D eigenvalue weighted by atomic mass is 9.64. The van der Waals surface area contributed by atoms with Crippen molar-refractivity contribution in [1.29, 1.82) is 5.26 Å². The van der Waals surface area contributed by atoms with Crippen molar-refractivity contribution in [2.75, 3.05) is 13.7 Å². The third kappa shape index (κ3) is 2.74. The Bertz CT molecular complexity index is 359. The number of hydrogen-bond donors (Lipinski definition) is 2. The minimum atomic E-state index is -0.775. The number of carbonyl (C=O) groups is 2. The van der Waals surface area contributed by atoms with Gasteiger partial charge in [-0.1, -0.05) is 13.8 Å². The molecule has 0 aromatic heterocycles. The van der Waals surface area contributed by atoms with Gasteiger partial charge in [-0.2, -0.15) is 5.26 Å². The maximum atomic E-state index is 11.5. The van der Waals surface area contributed by atoms with E-state index in [0.29, 0.717) is 6.42 Å². The number of nitriles is 1. The second kappa shape index (κ2) is 5.15. The zero-order valence-corrected chi connectivity index (χ0v) is 10.2. The van der Waals surface area contributed by atoms with E-state index in [0.717, 1.165) is 0 Å². The van der Waals surface area contributed by atoms with Crippen LogP contribution in [0.15, 0.2) is 0 Å². The molecule has 1 aliphatic rings.